The summed E-state index contributed by atoms with van der Waals surface area (Å²) in [5.41, 5.74) is 0.274. The first-order chi connectivity index (χ1) is 6.28. The minimum Gasteiger partial charge on any atom is -0.396 e. The molecule has 1 aromatic rings. The third kappa shape index (κ3) is 1.94. The number of aliphatic hydroxyl groups excluding tert-OH is 1. The Morgan fingerprint density at radius 1 is 1.38 bits per heavy atom. The van der Waals surface area contributed by atoms with Crippen molar-refractivity contribution in [3.63, 3.8) is 0 Å². The molecule has 0 spiro atoms. The highest BCUT2D eigenvalue weighted by Gasteiger charge is 2.42. The van der Waals surface area contributed by atoms with Crippen LogP contribution in [0.4, 0.5) is 0 Å². The van der Waals surface area contributed by atoms with Gasteiger partial charge in [-0.3, -0.25) is 0 Å². The van der Waals surface area contributed by atoms with E-state index in [0.717, 1.165) is 12.8 Å². The highest BCUT2D eigenvalue weighted by Crippen LogP contribution is 2.48. The van der Waals surface area contributed by atoms with Crippen LogP contribution in [-0.2, 0) is 12.8 Å². The van der Waals surface area contributed by atoms with Gasteiger partial charge in [0.1, 0.15) is 0 Å². The summed E-state index contributed by atoms with van der Waals surface area (Å²) in [5.74, 6) is 0. The molecule has 1 fully saturated rings. The van der Waals surface area contributed by atoms with Gasteiger partial charge in [-0.25, -0.2) is 0 Å². The van der Waals surface area contributed by atoms with Crippen LogP contribution >= 0.6 is 11.3 Å². The molecule has 13 heavy (non-hydrogen) atoms. The van der Waals surface area contributed by atoms with E-state index in [9.17, 15) is 5.11 Å². The van der Waals surface area contributed by atoms with E-state index in [1.807, 2.05) is 11.3 Å². The van der Waals surface area contributed by atoms with E-state index in [4.69, 9.17) is 0 Å². The number of thiophene rings is 1. The molecule has 0 bridgehead atoms. The maximum atomic E-state index is 9.19. The van der Waals surface area contributed by atoms with E-state index >= 15 is 0 Å². The van der Waals surface area contributed by atoms with Gasteiger partial charge in [0.2, 0.25) is 0 Å². The van der Waals surface area contributed by atoms with Gasteiger partial charge in [0.05, 0.1) is 0 Å². The summed E-state index contributed by atoms with van der Waals surface area (Å²) in [6, 6.07) is 4.44. The molecule has 1 heterocycles. The van der Waals surface area contributed by atoms with Crippen LogP contribution in [0.3, 0.4) is 0 Å². The standard InChI is InChI=1S/C11H16OS/c1-2-9-3-4-10(13-9)7-11(8-12)5-6-11/h3-4,12H,2,5-8H2,1H3. The molecule has 1 aromatic heterocycles. The van der Waals surface area contributed by atoms with Crippen molar-refractivity contribution < 1.29 is 5.11 Å². The average molecular weight is 196 g/mol. The Morgan fingerprint density at radius 3 is 2.54 bits per heavy atom. The predicted molar refractivity (Wildman–Crippen MR) is 56.2 cm³/mol. The highest BCUT2D eigenvalue weighted by molar-refractivity contribution is 7.11. The van der Waals surface area contributed by atoms with Crippen LogP contribution in [0.15, 0.2) is 12.1 Å². The Morgan fingerprint density at radius 2 is 2.08 bits per heavy atom. The van der Waals surface area contributed by atoms with Crippen LogP contribution in [0, 0.1) is 5.41 Å². The van der Waals surface area contributed by atoms with E-state index in [0.29, 0.717) is 6.61 Å². The fraction of sp³-hybridized carbons (Fsp3) is 0.636. The fourth-order valence-electron chi connectivity index (χ4n) is 1.64. The van der Waals surface area contributed by atoms with Crippen LogP contribution in [0.2, 0.25) is 0 Å². The second-order valence-corrected chi connectivity index (χ2v) is 5.31. The minimum atomic E-state index is 0.274. The molecule has 1 aliphatic carbocycles. The van der Waals surface area contributed by atoms with E-state index in [1.54, 1.807) is 0 Å². The molecule has 2 heteroatoms. The van der Waals surface area contributed by atoms with Gasteiger partial charge in [0, 0.05) is 16.4 Å². The van der Waals surface area contributed by atoms with Crippen LogP contribution < -0.4 is 0 Å². The van der Waals surface area contributed by atoms with Gasteiger partial charge < -0.3 is 5.11 Å². The molecule has 0 radical (unpaired) electrons. The van der Waals surface area contributed by atoms with E-state index in [1.165, 1.54) is 22.6 Å². The summed E-state index contributed by atoms with van der Waals surface area (Å²) in [7, 11) is 0. The summed E-state index contributed by atoms with van der Waals surface area (Å²) in [6.07, 6.45) is 4.65. The molecule has 72 valence electrons. The van der Waals surface area contributed by atoms with Gasteiger partial charge in [-0.15, -0.1) is 11.3 Å². The first-order valence-electron chi connectivity index (χ1n) is 4.96. The smallest absolute Gasteiger partial charge is 0.0490 e. The molecule has 0 unspecified atom stereocenters. The van der Waals surface area contributed by atoms with Gasteiger partial charge >= 0.3 is 0 Å². The molecule has 1 nitrogen and oxygen atoms in total. The van der Waals surface area contributed by atoms with Crippen LogP contribution in [0.1, 0.15) is 29.5 Å². The van der Waals surface area contributed by atoms with Crippen molar-refractivity contribution in [1.82, 2.24) is 0 Å². The Kier molecular flexibility index (Phi) is 2.43. The molecule has 1 aliphatic rings. The second-order valence-electron chi connectivity index (χ2n) is 4.06. The average Bonchev–Trinajstić information content (AvgIpc) is 2.77. The topological polar surface area (TPSA) is 20.2 Å². The Balaban J connectivity index is 2.01. The summed E-state index contributed by atoms with van der Waals surface area (Å²) >= 11 is 1.90. The van der Waals surface area contributed by atoms with Crippen LogP contribution in [0.5, 0.6) is 0 Å². The largest absolute Gasteiger partial charge is 0.396 e. The lowest BCUT2D eigenvalue weighted by atomic mass is 10.0. The summed E-state index contributed by atoms with van der Waals surface area (Å²) in [5, 5.41) is 9.19. The molecule has 0 atom stereocenters. The zero-order chi connectivity index (χ0) is 9.31. The monoisotopic (exact) mass is 196 g/mol. The highest BCUT2D eigenvalue weighted by atomic mass is 32.1. The van der Waals surface area contributed by atoms with Gasteiger partial charge in [0.25, 0.3) is 0 Å². The van der Waals surface area contributed by atoms with Crippen molar-refractivity contribution in [2.24, 2.45) is 5.41 Å². The second kappa shape index (κ2) is 3.43. The normalized spacial score (nSPS) is 18.9. The molecule has 0 aliphatic heterocycles. The van der Waals surface area contributed by atoms with Crippen molar-refractivity contribution in [3.8, 4) is 0 Å². The third-order valence-electron chi connectivity index (χ3n) is 2.91. The van der Waals surface area contributed by atoms with Gasteiger partial charge in [-0.05, 0) is 43.2 Å². The molecule has 1 saturated carbocycles. The molecular weight excluding hydrogens is 180 g/mol. The van der Waals surface area contributed by atoms with E-state index in [-0.39, 0.29) is 5.41 Å². The summed E-state index contributed by atoms with van der Waals surface area (Å²) in [4.78, 5) is 2.91. The zero-order valence-electron chi connectivity index (χ0n) is 8.05. The maximum Gasteiger partial charge on any atom is 0.0490 e. The molecule has 0 saturated heterocycles. The van der Waals surface area contributed by atoms with Crippen molar-refractivity contribution in [1.29, 1.82) is 0 Å². The Bertz CT molecular complexity index is 286. The first-order valence-corrected chi connectivity index (χ1v) is 5.78. The number of aryl methyl sites for hydroxylation is 1. The zero-order valence-corrected chi connectivity index (χ0v) is 8.86. The van der Waals surface area contributed by atoms with E-state index in [2.05, 4.69) is 19.1 Å². The lowest BCUT2D eigenvalue weighted by Gasteiger charge is -2.08. The van der Waals surface area contributed by atoms with Crippen LogP contribution in [0.25, 0.3) is 0 Å². The van der Waals surface area contributed by atoms with Crippen LogP contribution in [-0.4, -0.2) is 11.7 Å². The molecule has 0 aromatic carbocycles. The van der Waals surface area contributed by atoms with E-state index < -0.39 is 0 Å². The molecule has 1 N–H and O–H groups in total. The third-order valence-corrected chi connectivity index (χ3v) is 4.14. The van der Waals surface area contributed by atoms with Gasteiger partial charge in [0.15, 0.2) is 0 Å². The minimum absolute atomic E-state index is 0.274. The first kappa shape index (κ1) is 9.22. The summed E-state index contributed by atoms with van der Waals surface area (Å²) in [6.45, 7) is 2.56. The maximum absolute atomic E-state index is 9.19. The quantitative estimate of drug-likeness (QED) is 0.785. The fourth-order valence-corrected chi connectivity index (χ4v) is 2.78. The Hall–Kier alpha value is -0.340. The van der Waals surface area contributed by atoms with Gasteiger partial charge in [-0.1, -0.05) is 6.92 Å². The lowest BCUT2D eigenvalue weighted by Crippen LogP contribution is -2.08. The lowest BCUT2D eigenvalue weighted by molar-refractivity contribution is 0.212. The summed E-state index contributed by atoms with van der Waals surface area (Å²) < 4.78 is 0. The van der Waals surface area contributed by atoms with Crippen molar-refractivity contribution in [2.45, 2.75) is 32.6 Å². The van der Waals surface area contributed by atoms with Gasteiger partial charge in [-0.2, -0.15) is 0 Å². The predicted octanol–water partition coefficient (Wildman–Crippen LogP) is 2.63. The van der Waals surface area contributed by atoms with Crippen molar-refractivity contribution in [3.05, 3.63) is 21.9 Å². The molecule has 2 rings (SSSR count). The number of hydrogen-bond acceptors (Lipinski definition) is 2. The molecular formula is C11H16OS. The number of hydrogen-bond donors (Lipinski definition) is 1. The van der Waals surface area contributed by atoms with Crippen molar-refractivity contribution >= 4 is 11.3 Å². The number of aliphatic hydroxyl groups is 1. The van der Waals surface area contributed by atoms with Crippen molar-refractivity contribution in [2.75, 3.05) is 6.61 Å². The SMILES string of the molecule is CCc1ccc(CC2(CO)CC2)s1. The number of rotatable bonds is 4. The Labute approximate surface area is 83.4 Å². The molecule has 0 amide bonds.